The normalized spacial score (nSPS) is 14.4. The number of carbonyl (C=O) groups is 1. The fraction of sp³-hybridized carbons (Fsp3) is 0.214. The Morgan fingerprint density at radius 3 is 2.42 bits per heavy atom. The van der Waals surface area contributed by atoms with Crippen LogP contribution >= 0.6 is 0 Å². The lowest BCUT2D eigenvalue weighted by molar-refractivity contribution is 0.0630. The summed E-state index contributed by atoms with van der Waals surface area (Å²) in [6.07, 6.45) is 0. The monoisotopic (exact) mass is 437 g/mol. The molecule has 33 heavy (non-hydrogen) atoms. The summed E-state index contributed by atoms with van der Waals surface area (Å²) >= 11 is 0. The fourth-order valence-corrected chi connectivity index (χ4v) is 4.40. The van der Waals surface area contributed by atoms with Crippen LogP contribution in [0.3, 0.4) is 0 Å². The van der Waals surface area contributed by atoms with Crippen molar-refractivity contribution in [1.82, 2.24) is 14.8 Å². The van der Waals surface area contributed by atoms with Crippen LogP contribution in [0.15, 0.2) is 84.9 Å². The molecule has 0 spiro atoms. The molecule has 0 radical (unpaired) electrons. The molecule has 0 bridgehead atoms. The number of para-hydroxylation sites is 1. The second-order valence-corrected chi connectivity index (χ2v) is 8.36. The molecule has 1 fully saturated rings. The van der Waals surface area contributed by atoms with Gasteiger partial charge in [-0.25, -0.2) is 4.98 Å². The molecule has 0 aliphatic carbocycles. The number of hydrogen-bond acceptors (Lipinski definition) is 4. The van der Waals surface area contributed by atoms with Gasteiger partial charge in [-0.3, -0.25) is 9.69 Å². The predicted molar refractivity (Wildman–Crippen MR) is 131 cm³/mol. The zero-order valence-corrected chi connectivity index (χ0v) is 18.8. The Morgan fingerprint density at radius 1 is 0.879 bits per heavy atom. The Balaban J connectivity index is 1.40. The fourth-order valence-electron chi connectivity index (χ4n) is 4.40. The van der Waals surface area contributed by atoms with Crippen molar-refractivity contribution in [3.05, 3.63) is 96.1 Å². The first-order chi connectivity index (χ1) is 16.2. The SMILES string of the molecule is COc1cccc(-c2cc(C(=O)N3CCN(Cc4ccccc4)CC3)c3ccccc3n2)c1. The smallest absolute Gasteiger partial charge is 0.254 e. The lowest BCUT2D eigenvalue weighted by Gasteiger charge is -2.35. The van der Waals surface area contributed by atoms with Crippen LogP contribution in [0.2, 0.25) is 0 Å². The van der Waals surface area contributed by atoms with Crippen LogP contribution in [0.4, 0.5) is 0 Å². The lowest BCUT2D eigenvalue weighted by atomic mass is 10.0. The Labute approximate surface area is 194 Å². The van der Waals surface area contributed by atoms with Crippen molar-refractivity contribution < 1.29 is 9.53 Å². The molecule has 0 N–H and O–H groups in total. The minimum absolute atomic E-state index is 0.0668. The molecule has 1 amide bonds. The van der Waals surface area contributed by atoms with Gasteiger partial charge in [-0.1, -0.05) is 60.7 Å². The number of pyridine rings is 1. The first-order valence-corrected chi connectivity index (χ1v) is 11.3. The van der Waals surface area contributed by atoms with Gasteiger partial charge in [0, 0.05) is 43.7 Å². The van der Waals surface area contributed by atoms with Gasteiger partial charge < -0.3 is 9.64 Å². The van der Waals surface area contributed by atoms with Crippen molar-refractivity contribution in [1.29, 1.82) is 0 Å². The van der Waals surface area contributed by atoms with Gasteiger partial charge in [0.05, 0.1) is 23.9 Å². The summed E-state index contributed by atoms with van der Waals surface area (Å²) in [5.41, 5.74) is 4.54. The van der Waals surface area contributed by atoms with E-state index < -0.39 is 0 Å². The second-order valence-electron chi connectivity index (χ2n) is 8.36. The van der Waals surface area contributed by atoms with Crippen molar-refractivity contribution in [2.45, 2.75) is 6.54 Å². The van der Waals surface area contributed by atoms with E-state index >= 15 is 0 Å². The van der Waals surface area contributed by atoms with Gasteiger partial charge >= 0.3 is 0 Å². The maximum atomic E-state index is 13.6. The third-order valence-corrected chi connectivity index (χ3v) is 6.22. The molecular formula is C28H27N3O2. The minimum atomic E-state index is 0.0668. The van der Waals surface area contributed by atoms with E-state index in [9.17, 15) is 4.79 Å². The van der Waals surface area contributed by atoms with E-state index in [1.165, 1.54) is 5.56 Å². The molecule has 0 atom stereocenters. The van der Waals surface area contributed by atoms with E-state index in [0.29, 0.717) is 5.56 Å². The zero-order chi connectivity index (χ0) is 22.6. The second kappa shape index (κ2) is 9.43. The van der Waals surface area contributed by atoms with E-state index in [1.807, 2.05) is 65.6 Å². The number of amides is 1. The van der Waals surface area contributed by atoms with Crippen molar-refractivity contribution in [2.75, 3.05) is 33.3 Å². The Hall–Kier alpha value is -3.70. The number of piperazine rings is 1. The Bertz CT molecular complexity index is 1260. The lowest BCUT2D eigenvalue weighted by Crippen LogP contribution is -2.48. The summed E-state index contributed by atoms with van der Waals surface area (Å²) in [6, 6.07) is 28.1. The number of fused-ring (bicyclic) bond motifs is 1. The predicted octanol–water partition coefficient (Wildman–Crippen LogP) is 4.87. The molecule has 0 saturated carbocycles. The van der Waals surface area contributed by atoms with Gasteiger partial charge in [0.15, 0.2) is 0 Å². The standard InChI is InChI=1S/C28H27N3O2/c1-33-23-11-7-10-22(18-23)27-19-25(24-12-5-6-13-26(24)29-27)28(32)31-16-14-30(15-17-31)20-21-8-3-2-4-9-21/h2-13,18-19H,14-17,20H2,1H3. The molecule has 4 aromatic rings. The van der Waals surface area contributed by atoms with Crippen molar-refractivity contribution in [3.8, 4) is 17.0 Å². The number of ether oxygens (including phenoxy) is 1. The number of carbonyl (C=O) groups excluding carboxylic acids is 1. The molecule has 1 aliphatic rings. The first-order valence-electron chi connectivity index (χ1n) is 11.3. The molecule has 5 nitrogen and oxygen atoms in total. The van der Waals surface area contributed by atoms with Crippen molar-refractivity contribution in [3.63, 3.8) is 0 Å². The number of nitrogens with zero attached hydrogens (tertiary/aromatic N) is 3. The summed E-state index contributed by atoms with van der Waals surface area (Å²) in [5.74, 6) is 0.835. The molecule has 1 aromatic heterocycles. The van der Waals surface area contributed by atoms with E-state index in [1.54, 1.807) is 7.11 Å². The first kappa shape index (κ1) is 21.2. The molecule has 5 heteroatoms. The number of methoxy groups -OCH3 is 1. The van der Waals surface area contributed by atoms with Crippen LogP contribution in [0, 0.1) is 0 Å². The molecule has 5 rings (SSSR count). The average Bonchev–Trinajstić information content (AvgIpc) is 2.88. The highest BCUT2D eigenvalue weighted by Gasteiger charge is 2.24. The van der Waals surface area contributed by atoms with Crippen LogP contribution in [0.25, 0.3) is 22.2 Å². The van der Waals surface area contributed by atoms with Crippen LogP contribution in [-0.4, -0.2) is 54.0 Å². The number of hydrogen-bond donors (Lipinski definition) is 0. The topological polar surface area (TPSA) is 45.7 Å². The molecular weight excluding hydrogens is 410 g/mol. The maximum Gasteiger partial charge on any atom is 0.254 e. The van der Waals surface area contributed by atoms with E-state index in [-0.39, 0.29) is 5.91 Å². The third kappa shape index (κ3) is 4.59. The van der Waals surface area contributed by atoms with Crippen LogP contribution in [-0.2, 0) is 6.54 Å². The van der Waals surface area contributed by atoms with Crippen LogP contribution < -0.4 is 4.74 Å². The summed E-state index contributed by atoms with van der Waals surface area (Å²) in [4.78, 5) is 22.9. The van der Waals surface area contributed by atoms with E-state index in [2.05, 4.69) is 29.2 Å². The number of benzene rings is 3. The van der Waals surface area contributed by atoms with Gasteiger partial charge in [-0.2, -0.15) is 0 Å². The summed E-state index contributed by atoms with van der Waals surface area (Å²) in [6.45, 7) is 4.09. The Kier molecular flexibility index (Phi) is 6.05. The Morgan fingerprint density at radius 2 is 1.64 bits per heavy atom. The van der Waals surface area contributed by atoms with Gasteiger partial charge in [0.25, 0.3) is 5.91 Å². The highest BCUT2D eigenvalue weighted by molar-refractivity contribution is 6.07. The molecule has 2 heterocycles. The highest BCUT2D eigenvalue weighted by Crippen LogP contribution is 2.28. The highest BCUT2D eigenvalue weighted by atomic mass is 16.5. The van der Waals surface area contributed by atoms with Gasteiger partial charge in [-0.15, -0.1) is 0 Å². The van der Waals surface area contributed by atoms with Crippen LogP contribution in [0.1, 0.15) is 15.9 Å². The quantitative estimate of drug-likeness (QED) is 0.447. The number of rotatable bonds is 5. The molecule has 0 unspecified atom stereocenters. The maximum absolute atomic E-state index is 13.6. The molecule has 166 valence electrons. The molecule has 3 aromatic carbocycles. The van der Waals surface area contributed by atoms with Gasteiger partial charge in [0.2, 0.25) is 0 Å². The van der Waals surface area contributed by atoms with E-state index in [4.69, 9.17) is 9.72 Å². The van der Waals surface area contributed by atoms with Gasteiger partial charge in [-0.05, 0) is 29.8 Å². The third-order valence-electron chi connectivity index (χ3n) is 6.22. The average molecular weight is 438 g/mol. The largest absolute Gasteiger partial charge is 0.497 e. The summed E-state index contributed by atoms with van der Waals surface area (Å²) in [5, 5.41) is 0.890. The van der Waals surface area contributed by atoms with Crippen molar-refractivity contribution in [2.24, 2.45) is 0 Å². The van der Waals surface area contributed by atoms with Crippen LogP contribution in [0.5, 0.6) is 5.75 Å². The van der Waals surface area contributed by atoms with Crippen molar-refractivity contribution >= 4 is 16.8 Å². The molecule has 1 aliphatic heterocycles. The minimum Gasteiger partial charge on any atom is -0.497 e. The van der Waals surface area contributed by atoms with Gasteiger partial charge in [0.1, 0.15) is 5.75 Å². The zero-order valence-electron chi connectivity index (χ0n) is 18.8. The summed E-state index contributed by atoms with van der Waals surface area (Å²) in [7, 11) is 1.65. The summed E-state index contributed by atoms with van der Waals surface area (Å²) < 4.78 is 5.38. The molecule has 1 saturated heterocycles. The van der Waals surface area contributed by atoms with E-state index in [0.717, 1.165) is 60.6 Å². The number of aromatic nitrogens is 1.